The number of nitrogens with zero attached hydrogens (tertiary/aromatic N) is 3. The largest absolute Gasteiger partial charge is 0.481 e. The molecule has 2 atom stereocenters. The molecule has 0 spiro atoms. The third-order valence-corrected chi connectivity index (χ3v) is 4.08. The summed E-state index contributed by atoms with van der Waals surface area (Å²) >= 11 is 1.03. The van der Waals surface area contributed by atoms with E-state index in [1.807, 2.05) is 6.92 Å². The summed E-state index contributed by atoms with van der Waals surface area (Å²) in [5, 5.41) is 11.5. The van der Waals surface area contributed by atoms with E-state index < -0.39 is 30.1 Å². The van der Waals surface area contributed by atoms with Crippen LogP contribution in [0.4, 0.5) is 4.79 Å². The van der Waals surface area contributed by atoms with Gasteiger partial charge >= 0.3 is 12.0 Å². The fraction of sp³-hybridized carbons (Fsp3) is 0.500. The number of imide groups is 1. The van der Waals surface area contributed by atoms with Gasteiger partial charge in [0.05, 0.1) is 5.75 Å². The van der Waals surface area contributed by atoms with Gasteiger partial charge in [-0.05, 0) is 6.92 Å². The maximum absolute atomic E-state index is 12.1. The minimum absolute atomic E-state index is 0.162. The fourth-order valence-electron chi connectivity index (χ4n) is 2.20. The number of rotatable bonds is 4. The molecule has 0 saturated carbocycles. The van der Waals surface area contributed by atoms with E-state index >= 15 is 0 Å². The topological polar surface area (TPSA) is 102 Å². The molecule has 0 bridgehead atoms. The molecule has 114 valence electrons. The van der Waals surface area contributed by atoms with Crippen LogP contribution in [0.2, 0.25) is 0 Å². The lowest BCUT2D eigenvalue weighted by atomic mass is 10.1. The van der Waals surface area contributed by atoms with Gasteiger partial charge in [-0.2, -0.15) is 0 Å². The summed E-state index contributed by atoms with van der Waals surface area (Å²) in [4.78, 5) is 41.8. The predicted molar refractivity (Wildman–Crippen MR) is 77.9 cm³/mol. The minimum atomic E-state index is -0.971. The number of amidine groups is 1. The SMILES string of the molecule is C=C(C)CN1C(SCC(=O)O)=NC2C1C(=O)NC(=O)N2C. The zero-order valence-electron chi connectivity index (χ0n) is 11.7. The maximum Gasteiger partial charge on any atom is 0.325 e. The summed E-state index contributed by atoms with van der Waals surface area (Å²) in [6.45, 7) is 6.00. The zero-order chi connectivity index (χ0) is 15.7. The standard InChI is InChI=1S/C12H16N4O4S/c1-6(2)4-16-8-9(13-12(16)21-5-7(17)18)15(3)11(20)14-10(8)19/h8-9H,1,4-5H2,2-3H3,(H,17,18)(H,14,19,20). The van der Waals surface area contributed by atoms with Gasteiger partial charge < -0.3 is 14.9 Å². The van der Waals surface area contributed by atoms with Crippen molar-refractivity contribution < 1.29 is 19.5 Å². The van der Waals surface area contributed by atoms with Crippen LogP contribution in [0.15, 0.2) is 17.1 Å². The van der Waals surface area contributed by atoms with E-state index in [9.17, 15) is 14.4 Å². The summed E-state index contributed by atoms with van der Waals surface area (Å²) in [5.41, 5.74) is 0.812. The van der Waals surface area contributed by atoms with Gasteiger partial charge in [0, 0.05) is 13.6 Å². The average molecular weight is 312 g/mol. The lowest BCUT2D eigenvalue weighted by molar-refractivity contribution is -0.134. The summed E-state index contributed by atoms with van der Waals surface area (Å²) < 4.78 is 0. The Balaban J connectivity index is 2.28. The van der Waals surface area contributed by atoms with Crippen molar-refractivity contribution in [2.45, 2.75) is 19.1 Å². The second kappa shape index (κ2) is 5.76. The summed E-state index contributed by atoms with van der Waals surface area (Å²) in [7, 11) is 1.55. The van der Waals surface area contributed by atoms with Crippen LogP contribution in [-0.2, 0) is 9.59 Å². The summed E-state index contributed by atoms with van der Waals surface area (Å²) in [6.07, 6.45) is -0.637. The number of hydrogen-bond acceptors (Lipinski definition) is 6. The molecule has 2 aliphatic rings. The molecule has 1 saturated heterocycles. The number of carboxylic acid groups (broad SMARTS) is 1. The van der Waals surface area contributed by atoms with E-state index in [0.29, 0.717) is 11.7 Å². The van der Waals surface area contributed by atoms with Crippen LogP contribution >= 0.6 is 11.8 Å². The number of nitrogens with one attached hydrogen (secondary N) is 1. The van der Waals surface area contributed by atoms with Crippen molar-refractivity contribution in [1.29, 1.82) is 0 Å². The highest BCUT2D eigenvalue weighted by molar-refractivity contribution is 8.14. The second-order valence-electron chi connectivity index (χ2n) is 4.94. The quantitative estimate of drug-likeness (QED) is 0.704. The molecule has 0 aromatic carbocycles. The number of hydrogen-bond donors (Lipinski definition) is 2. The second-order valence-corrected chi connectivity index (χ2v) is 5.89. The molecular formula is C12H16N4O4S. The number of thioether (sulfide) groups is 1. The Hall–Kier alpha value is -2.03. The van der Waals surface area contributed by atoms with Crippen LogP contribution in [-0.4, -0.2) is 69.5 Å². The first-order valence-electron chi connectivity index (χ1n) is 6.22. The van der Waals surface area contributed by atoms with Crippen LogP contribution in [0.1, 0.15) is 6.92 Å². The van der Waals surface area contributed by atoms with Crippen LogP contribution in [0.5, 0.6) is 0 Å². The molecule has 2 unspecified atom stereocenters. The summed E-state index contributed by atoms with van der Waals surface area (Å²) in [6, 6.07) is -1.16. The fourth-order valence-corrected chi connectivity index (χ4v) is 2.98. The molecule has 2 N–H and O–H groups in total. The number of carbonyl (C=O) groups excluding carboxylic acids is 2. The lowest BCUT2D eigenvalue weighted by Gasteiger charge is -2.36. The number of carboxylic acids is 1. The van der Waals surface area contributed by atoms with Crippen LogP contribution < -0.4 is 5.32 Å². The number of aliphatic imine (C=N–C) groups is 1. The molecular weight excluding hydrogens is 296 g/mol. The number of likely N-dealkylation sites (N-methyl/N-ethyl adjacent to an activating group) is 1. The van der Waals surface area contributed by atoms with Gasteiger partial charge in [0.25, 0.3) is 5.91 Å². The van der Waals surface area contributed by atoms with E-state index in [-0.39, 0.29) is 5.75 Å². The normalized spacial score (nSPS) is 24.6. The smallest absolute Gasteiger partial charge is 0.325 e. The first kappa shape index (κ1) is 15.4. The van der Waals surface area contributed by atoms with Crippen molar-refractivity contribution >= 4 is 34.8 Å². The van der Waals surface area contributed by atoms with Crippen molar-refractivity contribution in [1.82, 2.24) is 15.1 Å². The molecule has 0 aliphatic carbocycles. The first-order valence-corrected chi connectivity index (χ1v) is 7.21. The molecule has 9 heteroatoms. The van der Waals surface area contributed by atoms with E-state index in [2.05, 4.69) is 16.9 Å². The highest BCUT2D eigenvalue weighted by atomic mass is 32.2. The van der Waals surface area contributed by atoms with Gasteiger partial charge in [-0.3, -0.25) is 14.9 Å². The molecule has 8 nitrogen and oxygen atoms in total. The van der Waals surface area contributed by atoms with Gasteiger partial charge in [0.15, 0.2) is 17.4 Å². The summed E-state index contributed by atoms with van der Waals surface area (Å²) in [5.74, 6) is -1.56. The van der Waals surface area contributed by atoms with Gasteiger partial charge in [-0.15, -0.1) is 0 Å². The Morgan fingerprint density at radius 2 is 2.19 bits per heavy atom. The van der Waals surface area contributed by atoms with Gasteiger partial charge in [0.1, 0.15) is 0 Å². The Morgan fingerprint density at radius 3 is 2.76 bits per heavy atom. The Bertz CT molecular complexity index is 547. The molecule has 0 aromatic heterocycles. The van der Waals surface area contributed by atoms with E-state index in [4.69, 9.17) is 5.11 Å². The van der Waals surface area contributed by atoms with Crippen LogP contribution in [0.25, 0.3) is 0 Å². The average Bonchev–Trinajstić information content (AvgIpc) is 2.72. The number of amides is 3. The van der Waals surface area contributed by atoms with E-state index in [0.717, 1.165) is 17.3 Å². The van der Waals surface area contributed by atoms with Crippen molar-refractivity contribution in [2.24, 2.45) is 4.99 Å². The predicted octanol–water partition coefficient (Wildman–Crippen LogP) is -0.0718. The lowest BCUT2D eigenvalue weighted by Crippen LogP contribution is -2.63. The third kappa shape index (κ3) is 3.02. The maximum atomic E-state index is 12.1. The Labute approximate surface area is 125 Å². The number of fused-ring (bicyclic) bond motifs is 1. The molecule has 21 heavy (non-hydrogen) atoms. The Morgan fingerprint density at radius 1 is 1.52 bits per heavy atom. The van der Waals surface area contributed by atoms with Crippen molar-refractivity contribution in [3.63, 3.8) is 0 Å². The van der Waals surface area contributed by atoms with Crippen molar-refractivity contribution in [3.8, 4) is 0 Å². The number of aliphatic carboxylic acids is 1. The zero-order valence-corrected chi connectivity index (χ0v) is 12.5. The first-order chi connectivity index (χ1) is 9.81. The highest BCUT2D eigenvalue weighted by Gasteiger charge is 2.48. The monoisotopic (exact) mass is 312 g/mol. The number of urea groups is 1. The molecule has 0 aromatic rings. The van der Waals surface area contributed by atoms with Crippen molar-refractivity contribution in [2.75, 3.05) is 19.3 Å². The molecule has 2 rings (SSSR count). The highest BCUT2D eigenvalue weighted by Crippen LogP contribution is 2.28. The molecule has 3 amide bonds. The molecule has 0 radical (unpaired) electrons. The van der Waals surface area contributed by atoms with Gasteiger partial charge in [-0.1, -0.05) is 23.9 Å². The minimum Gasteiger partial charge on any atom is -0.481 e. The van der Waals surface area contributed by atoms with Gasteiger partial charge in [-0.25, -0.2) is 9.79 Å². The third-order valence-electron chi connectivity index (χ3n) is 3.09. The van der Waals surface area contributed by atoms with Crippen LogP contribution in [0, 0.1) is 0 Å². The number of carbonyl (C=O) groups is 3. The van der Waals surface area contributed by atoms with Gasteiger partial charge in [0.2, 0.25) is 0 Å². The molecule has 1 fully saturated rings. The van der Waals surface area contributed by atoms with E-state index in [1.165, 1.54) is 4.90 Å². The van der Waals surface area contributed by atoms with Crippen molar-refractivity contribution in [3.05, 3.63) is 12.2 Å². The van der Waals surface area contributed by atoms with E-state index in [1.54, 1.807) is 11.9 Å². The molecule has 2 heterocycles. The van der Waals surface area contributed by atoms with Crippen LogP contribution in [0.3, 0.4) is 0 Å². The molecule has 2 aliphatic heterocycles. The Kier molecular flexibility index (Phi) is 4.21.